The molecule has 20 heavy (non-hydrogen) atoms. The molecule has 0 atom stereocenters. The lowest BCUT2D eigenvalue weighted by atomic mass is 9.77. The summed E-state index contributed by atoms with van der Waals surface area (Å²) in [6.45, 7) is 0. The van der Waals surface area contributed by atoms with Crippen molar-refractivity contribution in [1.29, 1.82) is 0 Å². The van der Waals surface area contributed by atoms with Gasteiger partial charge in [-0.2, -0.15) is 0 Å². The molecule has 2 aromatic rings. The van der Waals surface area contributed by atoms with Gasteiger partial charge in [-0.1, -0.05) is 60.0 Å². The Bertz CT molecular complexity index is 660. The van der Waals surface area contributed by atoms with Crippen molar-refractivity contribution < 1.29 is 4.79 Å². The zero-order chi connectivity index (χ0) is 14.1. The minimum Gasteiger partial charge on any atom is -0.289 e. The fraction of sp³-hybridized carbons (Fsp3) is 0.235. The highest BCUT2D eigenvalue weighted by Gasteiger charge is 2.25. The van der Waals surface area contributed by atoms with E-state index < -0.39 is 0 Å². The quantitative estimate of drug-likeness (QED) is 0.685. The third-order valence-corrected chi connectivity index (χ3v) is 4.77. The molecule has 3 rings (SSSR count). The van der Waals surface area contributed by atoms with E-state index in [4.69, 9.17) is 23.2 Å². The van der Waals surface area contributed by atoms with E-state index in [-0.39, 0.29) is 5.78 Å². The van der Waals surface area contributed by atoms with Gasteiger partial charge in [0.15, 0.2) is 5.78 Å². The molecule has 0 aromatic heterocycles. The van der Waals surface area contributed by atoms with Gasteiger partial charge in [0.2, 0.25) is 0 Å². The first kappa shape index (κ1) is 13.7. The average Bonchev–Trinajstić information content (AvgIpc) is 2.40. The number of halogens is 2. The number of carbonyl (C=O) groups is 1. The van der Waals surface area contributed by atoms with Crippen molar-refractivity contribution in [3.63, 3.8) is 0 Å². The van der Waals surface area contributed by atoms with Crippen LogP contribution in [0, 0.1) is 0 Å². The summed E-state index contributed by atoms with van der Waals surface area (Å²) in [5.41, 5.74) is 2.37. The van der Waals surface area contributed by atoms with E-state index in [1.54, 1.807) is 18.2 Å². The molecule has 1 fully saturated rings. The summed E-state index contributed by atoms with van der Waals surface area (Å²) in [5.74, 6) is 0.466. The zero-order valence-corrected chi connectivity index (χ0v) is 12.4. The molecule has 0 radical (unpaired) electrons. The third kappa shape index (κ3) is 2.36. The fourth-order valence-corrected chi connectivity index (χ4v) is 2.99. The SMILES string of the molecule is O=C(c1ccccc1C1CCC1)c1cccc(Cl)c1Cl. The van der Waals surface area contributed by atoms with Gasteiger partial charge in [-0.3, -0.25) is 4.79 Å². The average molecular weight is 305 g/mol. The van der Waals surface area contributed by atoms with Crippen LogP contribution < -0.4 is 0 Å². The summed E-state index contributed by atoms with van der Waals surface area (Å²) in [6.07, 6.45) is 3.56. The van der Waals surface area contributed by atoms with Gasteiger partial charge in [0.05, 0.1) is 10.0 Å². The molecule has 0 aliphatic heterocycles. The molecule has 0 unspecified atom stereocenters. The molecule has 1 saturated carbocycles. The Hall–Kier alpha value is -1.31. The molecule has 3 heteroatoms. The lowest BCUT2D eigenvalue weighted by Crippen LogP contribution is -2.14. The summed E-state index contributed by atoms with van der Waals surface area (Å²) in [4.78, 5) is 12.7. The van der Waals surface area contributed by atoms with Gasteiger partial charge in [0.25, 0.3) is 0 Å². The Morgan fingerprint density at radius 2 is 1.65 bits per heavy atom. The maximum atomic E-state index is 12.7. The number of carbonyl (C=O) groups excluding carboxylic acids is 1. The summed E-state index contributed by atoms with van der Waals surface area (Å²) >= 11 is 12.2. The summed E-state index contributed by atoms with van der Waals surface area (Å²) in [7, 11) is 0. The summed E-state index contributed by atoms with van der Waals surface area (Å²) in [6, 6.07) is 13.0. The molecule has 1 aliphatic rings. The lowest BCUT2D eigenvalue weighted by Gasteiger charge is -2.27. The Balaban J connectivity index is 2.04. The van der Waals surface area contributed by atoms with Crippen LogP contribution in [0.3, 0.4) is 0 Å². The normalized spacial score (nSPS) is 14.9. The van der Waals surface area contributed by atoms with E-state index >= 15 is 0 Å². The highest BCUT2D eigenvalue weighted by molar-refractivity contribution is 6.44. The van der Waals surface area contributed by atoms with Crippen LogP contribution in [0.15, 0.2) is 42.5 Å². The smallest absolute Gasteiger partial charge is 0.194 e. The van der Waals surface area contributed by atoms with Crippen molar-refractivity contribution >= 4 is 29.0 Å². The largest absolute Gasteiger partial charge is 0.289 e. The number of hydrogen-bond donors (Lipinski definition) is 0. The molecule has 102 valence electrons. The lowest BCUT2D eigenvalue weighted by molar-refractivity contribution is 0.103. The van der Waals surface area contributed by atoms with Crippen molar-refractivity contribution in [3.05, 3.63) is 69.2 Å². The van der Waals surface area contributed by atoms with Crippen LogP contribution in [0.4, 0.5) is 0 Å². The van der Waals surface area contributed by atoms with E-state index in [0.717, 1.165) is 24.0 Å². The van der Waals surface area contributed by atoms with E-state index in [1.165, 1.54) is 6.42 Å². The highest BCUT2D eigenvalue weighted by Crippen LogP contribution is 2.39. The van der Waals surface area contributed by atoms with Crippen LogP contribution >= 0.6 is 23.2 Å². The Labute approximate surface area is 128 Å². The summed E-state index contributed by atoms with van der Waals surface area (Å²) < 4.78 is 0. The first-order valence-electron chi connectivity index (χ1n) is 6.76. The van der Waals surface area contributed by atoms with E-state index in [0.29, 0.717) is 21.5 Å². The second kappa shape index (κ2) is 5.59. The highest BCUT2D eigenvalue weighted by atomic mass is 35.5. The Morgan fingerprint density at radius 1 is 0.950 bits per heavy atom. The van der Waals surface area contributed by atoms with E-state index in [1.807, 2.05) is 18.2 Å². The molecular formula is C17H14Cl2O. The molecule has 0 amide bonds. The molecule has 0 heterocycles. The molecular weight excluding hydrogens is 291 g/mol. The second-order valence-electron chi connectivity index (χ2n) is 5.15. The van der Waals surface area contributed by atoms with Gasteiger partial charge in [0, 0.05) is 11.1 Å². The van der Waals surface area contributed by atoms with E-state index in [9.17, 15) is 4.79 Å². The monoisotopic (exact) mass is 304 g/mol. The van der Waals surface area contributed by atoms with Gasteiger partial charge < -0.3 is 0 Å². The minimum absolute atomic E-state index is 0.0417. The number of ketones is 1. The van der Waals surface area contributed by atoms with Gasteiger partial charge in [0.1, 0.15) is 0 Å². The second-order valence-corrected chi connectivity index (χ2v) is 5.93. The van der Waals surface area contributed by atoms with Crippen LogP contribution in [0.2, 0.25) is 10.0 Å². The van der Waals surface area contributed by atoms with Crippen molar-refractivity contribution in [2.24, 2.45) is 0 Å². The van der Waals surface area contributed by atoms with Crippen LogP contribution in [-0.4, -0.2) is 5.78 Å². The number of benzene rings is 2. The van der Waals surface area contributed by atoms with Crippen LogP contribution in [0.25, 0.3) is 0 Å². The molecule has 0 bridgehead atoms. The van der Waals surface area contributed by atoms with Gasteiger partial charge in [-0.05, 0) is 36.5 Å². The predicted molar refractivity (Wildman–Crippen MR) is 82.9 cm³/mol. The molecule has 0 N–H and O–H groups in total. The Morgan fingerprint density at radius 3 is 2.35 bits per heavy atom. The fourth-order valence-electron chi connectivity index (χ4n) is 2.60. The first-order chi connectivity index (χ1) is 9.68. The van der Waals surface area contributed by atoms with Crippen molar-refractivity contribution in [3.8, 4) is 0 Å². The molecule has 1 nitrogen and oxygen atoms in total. The van der Waals surface area contributed by atoms with E-state index in [2.05, 4.69) is 6.07 Å². The van der Waals surface area contributed by atoms with Gasteiger partial charge in [-0.25, -0.2) is 0 Å². The van der Waals surface area contributed by atoms with Crippen LogP contribution in [0.1, 0.15) is 46.7 Å². The minimum atomic E-state index is -0.0417. The number of hydrogen-bond acceptors (Lipinski definition) is 1. The molecule has 1 aliphatic carbocycles. The van der Waals surface area contributed by atoms with Crippen LogP contribution in [0.5, 0.6) is 0 Å². The third-order valence-electron chi connectivity index (χ3n) is 3.95. The molecule has 2 aromatic carbocycles. The first-order valence-corrected chi connectivity index (χ1v) is 7.51. The summed E-state index contributed by atoms with van der Waals surface area (Å²) in [5, 5.41) is 0.751. The van der Waals surface area contributed by atoms with Crippen LogP contribution in [-0.2, 0) is 0 Å². The maximum absolute atomic E-state index is 12.7. The predicted octanol–water partition coefficient (Wildman–Crippen LogP) is 5.49. The zero-order valence-electron chi connectivity index (χ0n) is 10.9. The van der Waals surface area contributed by atoms with Crippen molar-refractivity contribution in [2.45, 2.75) is 25.2 Å². The molecule has 0 saturated heterocycles. The standard InChI is InChI=1S/C17H14Cl2O/c18-15-10-4-9-14(16(15)19)17(20)13-8-2-1-7-12(13)11-5-3-6-11/h1-2,4,7-11H,3,5-6H2. The topological polar surface area (TPSA) is 17.1 Å². The number of rotatable bonds is 3. The molecule has 0 spiro atoms. The van der Waals surface area contributed by atoms with Crippen molar-refractivity contribution in [1.82, 2.24) is 0 Å². The van der Waals surface area contributed by atoms with Gasteiger partial charge in [-0.15, -0.1) is 0 Å². The maximum Gasteiger partial charge on any atom is 0.194 e. The van der Waals surface area contributed by atoms with Crippen molar-refractivity contribution in [2.75, 3.05) is 0 Å². The Kier molecular flexibility index (Phi) is 3.82. The van der Waals surface area contributed by atoms with Gasteiger partial charge >= 0.3 is 0 Å².